The van der Waals surface area contributed by atoms with Gasteiger partial charge in [-0.2, -0.15) is 9.97 Å². The maximum Gasteiger partial charge on any atom is 0.238 e. The van der Waals surface area contributed by atoms with Crippen molar-refractivity contribution in [1.82, 2.24) is 19.5 Å². The predicted octanol–water partition coefficient (Wildman–Crippen LogP) is 12.0. The number of benzene rings is 7. The molecular formula is C45H28N4S. The van der Waals surface area contributed by atoms with E-state index < -0.39 is 0 Å². The van der Waals surface area contributed by atoms with Crippen LogP contribution in [-0.4, -0.2) is 19.5 Å². The number of hydrogen-bond donors (Lipinski definition) is 0. The molecule has 0 radical (unpaired) electrons. The first-order valence-corrected chi connectivity index (χ1v) is 17.5. The summed E-state index contributed by atoms with van der Waals surface area (Å²) >= 11 is 1.86. The average molecular weight is 657 g/mol. The van der Waals surface area contributed by atoms with Gasteiger partial charge in [-0.3, -0.25) is 4.57 Å². The summed E-state index contributed by atoms with van der Waals surface area (Å²) in [5.74, 6) is 1.86. The predicted molar refractivity (Wildman–Crippen MR) is 209 cm³/mol. The molecule has 4 nitrogen and oxygen atoms in total. The highest BCUT2D eigenvalue weighted by molar-refractivity contribution is 7.26. The van der Waals surface area contributed by atoms with Crippen LogP contribution < -0.4 is 0 Å². The summed E-state index contributed by atoms with van der Waals surface area (Å²) in [5.41, 5.74) is 8.70. The Morgan fingerprint density at radius 3 is 1.72 bits per heavy atom. The number of nitrogens with zero attached hydrogens (tertiary/aromatic N) is 4. The number of hydrogen-bond acceptors (Lipinski definition) is 4. The van der Waals surface area contributed by atoms with Gasteiger partial charge in [-0.1, -0.05) is 146 Å². The van der Waals surface area contributed by atoms with Crippen molar-refractivity contribution in [2.24, 2.45) is 0 Å². The van der Waals surface area contributed by atoms with Crippen molar-refractivity contribution in [3.63, 3.8) is 0 Å². The molecule has 0 spiro atoms. The molecule has 10 aromatic rings. The van der Waals surface area contributed by atoms with E-state index >= 15 is 0 Å². The molecule has 0 atom stereocenters. The Balaban J connectivity index is 1.26. The highest BCUT2D eigenvalue weighted by atomic mass is 32.1. The minimum atomic E-state index is 0.585. The molecule has 0 fully saturated rings. The van der Waals surface area contributed by atoms with E-state index in [1.54, 1.807) is 0 Å². The van der Waals surface area contributed by atoms with Crippen LogP contribution in [0.25, 0.3) is 93.0 Å². The molecule has 0 bridgehead atoms. The third-order valence-corrected chi connectivity index (χ3v) is 10.7. The fourth-order valence-corrected chi connectivity index (χ4v) is 8.32. The lowest BCUT2D eigenvalue weighted by Gasteiger charge is -2.11. The van der Waals surface area contributed by atoms with Gasteiger partial charge in [-0.15, -0.1) is 11.3 Å². The van der Waals surface area contributed by atoms with Crippen molar-refractivity contribution >= 4 is 53.3 Å². The van der Waals surface area contributed by atoms with Gasteiger partial charge in [0, 0.05) is 42.1 Å². The lowest BCUT2D eigenvalue weighted by Crippen LogP contribution is -2.06. The van der Waals surface area contributed by atoms with Crippen LogP contribution in [0.3, 0.4) is 0 Å². The first-order valence-electron chi connectivity index (χ1n) is 16.7. The van der Waals surface area contributed by atoms with E-state index in [1.807, 2.05) is 72.0 Å². The second kappa shape index (κ2) is 11.6. The summed E-state index contributed by atoms with van der Waals surface area (Å²) in [6.07, 6.45) is 0. The average Bonchev–Trinajstić information content (AvgIpc) is 3.74. The Kier molecular flexibility index (Phi) is 6.64. The van der Waals surface area contributed by atoms with Crippen LogP contribution >= 0.6 is 11.3 Å². The Morgan fingerprint density at radius 1 is 0.380 bits per heavy atom. The molecule has 0 saturated carbocycles. The van der Waals surface area contributed by atoms with Gasteiger partial charge in [-0.25, -0.2) is 4.98 Å². The monoisotopic (exact) mass is 656 g/mol. The Bertz CT molecular complexity index is 2800. The molecule has 7 aromatic carbocycles. The molecule has 0 saturated heterocycles. The van der Waals surface area contributed by atoms with Crippen molar-refractivity contribution in [1.29, 1.82) is 0 Å². The van der Waals surface area contributed by atoms with Crippen LogP contribution in [0, 0.1) is 0 Å². The second-order valence-corrected chi connectivity index (χ2v) is 13.5. The largest absolute Gasteiger partial charge is 0.278 e. The summed E-state index contributed by atoms with van der Waals surface area (Å²) in [6.45, 7) is 0. The maximum absolute atomic E-state index is 5.16. The van der Waals surface area contributed by atoms with Gasteiger partial charge in [0.25, 0.3) is 0 Å². The van der Waals surface area contributed by atoms with Crippen LogP contribution in [0.4, 0.5) is 0 Å². The van der Waals surface area contributed by atoms with Gasteiger partial charge >= 0.3 is 0 Å². The van der Waals surface area contributed by atoms with Crippen molar-refractivity contribution in [3.05, 3.63) is 170 Å². The molecule has 0 aliphatic heterocycles. The molecule has 234 valence electrons. The van der Waals surface area contributed by atoms with Gasteiger partial charge in [-0.05, 0) is 46.5 Å². The topological polar surface area (TPSA) is 43.6 Å². The van der Waals surface area contributed by atoms with Crippen LogP contribution in [-0.2, 0) is 0 Å². The molecule has 0 unspecified atom stereocenters. The third-order valence-electron chi connectivity index (χ3n) is 9.48. The van der Waals surface area contributed by atoms with Gasteiger partial charge < -0.3 is 0 Å². The lowest BCUT2D eigenvalue weighted by atomic mass is 10.00. The summed E-state index contributed by atoms with van der Waals surface area (Å²) in [6, 6.07) is 59.7. The van der Waals surface area contributed by atoms with Gasteiger partial charge in [0.15, 0.2) is 11.6 Å². The summed E-state index contributed by atoms with van der Waals surface area (Å²) in [7, 11) is 0. The zero-order valence-corrected chi connectivity index (χ0v) is 27.7. The zero-order chi connectivity index (χ0) is 33.0. The molecule has 3 heterocycles. The SMILES string of the molecule is c1ccc(-c2ccc3c4cc(-c5cccc6c5sc5ccccc56)ccc4n(-c4nc(-c5ccccc5)nc(-c5ccccc5)n4)c3c2)cc1. The lowest BCUT2D eigenvalue weighted by molar-refractivity contribution is 0.953. The van der Waals surface area contributed by atoms with Gasteiger partial charge in [0.1, 0.15) is 0 Å². The number of fused-ring (bicyclic) bond motifs is 6. The van der Waals surface area contributed by atoms with Crippen molar-refractivity contribution in [3.8, 4) is 51.0 Å². The first-order chi connectivity index (χ1) is 24.8. The normalized spacial score (nSPS) is 11.6. The van der Waals surface area contributed by atoms with Crippen molar-refractivity contribution in [2.75, 3.05) is 0 Å². The molecular weight excluding hydrogens is 629 g/mol. The van der Waals surface area contributed by atoms with E-state index in [2.05, 4.69) is 114 Å². The van der Waals surface area contributed by atoms with E-state index in [1.165, 1.54) is 31.3 Å². The molecule has 10 rings (SSSR count). The fourth-order valence-electron chi connectivity index (χ4n) is 7.09. The van der Waals surface area contributed by atoms with E-state index in [0.717, 1.165) is 44.1 Å². The smallest absolute Gasteiger partial charge is 0.238 e. The van der Waals surface area contributed by atoms with Gasteiger partial charge in [0.2, 0.25) is 5.95 Å². The molecule has 0 aliphatic carbocycles. The minimum absolute atomic E-state index is 0.585. The van der Waals surface area contributed by atoms with Crippen molar-refractivity contribution in [2.45, 2.75) is 0 Å². The number of aromatic nitrogens is 4. The minimum Gasteiger partial charge on any atom is -0.278 e. The number of rotatable bonds is 5. The fraction of sp³-hybridized carbons (Fsp3) is 0. The highest BCUT2D eigenvalue weighted by Gasteiger charge is 2.20. The summed E-state index contributed by atoms with van der Waals surface area (Å²) in [4.78, 5) is 15.3. The molecule has 3 aromatic heterocycles. The number of thiophene rings is 1. The van der Waals surface area contributed by atoms with Crippen LogP contribution in [0.15, 0.2) is 170 Å². The van der Waals surface area contributed by atoms with E-state index in [-0.39, 0.29) is 0 Å². The van der Waals surface area contributed by atoms with Crippen LogP contribution in [0.2, 0.25) is 0 Å². The molecule has 0 N–H and O–H groups in total. The first kappa shape index (κ1) is 28.6. The van der Waals surface area contributed by atoms with E-state index in [9.17, 15) is 0 Å². The second-order valence-electron chi connectivity index (χ2n) is 12.5. The Labute approximate surface area is 292 Å². The van der Waals surface area contributed by atoms with Crippen molar-refractivity contribution < 1.29 is 0 Å². The zero-order valence-electron chi connectivity index (χ0n) is 26.9. The highest BCUT2D eigenvalue weighted by Crippen LogP contribution is 2.42. The maximum atomic E-state index is 5.16. The van der Waals surface area contributed by atoms with E-state index in [4.69, 9.17) is 15.0 Å². The quantitative estimate of drug-likeness (QED) is 0.185. The van der Waals surface area contributed by atoms with E-state index in [0.29, 0.717) is 17.6 Å². The molecule has 50 heavy (non-hydrogen) atoms. The summed E-state index contributed by atoms with van der Waals surface area (Å²) in [5, 5.41) is 4.90. The van der Waals surface area contributed by atoms with Crippen LogP contribution in [0.5, 0.6) is 0 Å². The standard InChI is InChI=1S/C45H28N4S/c1-4-13-29(14-5-1)32-23-25-35-38-27-33(34-20-12-21-37-36-19-10-11-22-41(36)50-42(34)37)24-26-39(38)49(40(35)28-32)45-47-43(30-15-6-2-7-16-30)46-44(48-45)31-17-8-3-9-18-31/h1-28H. The Hall–Kier alpha value is -6.43. The van der Waals surface area contributed by atoms with Gasteiger partial charge in [0.05, 0.1) is 11.0 Å². The van der Waals surface area contributed by atoms with Crippen LogP contribution in [0.1, 0.15) is 0 Å². The molecule has 0 amide bonds. The Morgan fingerprint density at radius 2 is 1.00 bits per heavy atom. The molecule has 5 heteroatoms. The molecule has 0 aliphatic rings. The third kappa shape index (κ3) is 4.71. The summed E-state index contributed by atoms with van der Waals surface area (Å²) < 4.78 is 4.82.